The predicted molar refractivity (Wildman–Crippen MR) is 94.1 cm³/mol. The normalized spacial score (nSPS) is 10.8. The second-order valence-electron chi connectivity index (χ2n) is 4.98. The van der Waals surface area contributed by atoms with Gasteiger partial charge in [-0.25, -0.2) is 8.42 Å². The van der Waals surface area contributed by atoms with Gasteiger partial charge in [0.25, 0.3) is 15.9 Å². The second kappa shape index (κ2) is 8.44. The second-order valence-corrected chi connectivity index (χ2v) is 6.91. The molecule has 0 saturated heterocycles. The van der Waals surface area contributed by atoms with Crippen LogP contribution in [0.15, 0.2) is 59.5 Å². The molecule has 1 amide bonds. The van der Waals surface area contributed by atoms with E-state index in [4.69, 9.17) is 4.84 Å². The first-order valence-electron chi connectivity index (χ1n) is 7.40. The summed E-state index contributed by atoms with van der Waals surface area (Å²) in [5, 5.41) is 2.64. The van der Waals surface area contributed by atoms with Crippen molar-refractivity contribution in [3.63, 3.8) is 0 Å². The summed E-state index contributed by atoms with van der Waals surface area (Å²) in [5.41, 5.74) is 1.08. The number of carbonyl (C=O) groups excluding carboxylic acids is 1. The van der Waals surface area contributed by atoms with E-state index in [1.165, 1.54) is 38.4 Å². The highest BCUT2D eigenvalue weighted by molar-refractivity contribution is 7.89. The number of hydroxylamine groups is 1. The predicted octanol–water partition coefficient (Wildman–Crippen LogP) is 1.65. The molecular formula is C18H18N2O4S. The molecule has 0 aliphatic rings. The van der Waals surface area contributed by atoms with Gasteiger partial charge in [-0.1, -0.05) is 40.6 Å². The van der Waals surface area contributed by atoms with Crippen LogP contribution in [0.2, 0.25) is 0 Å². The maximum absolute atomic E-state index is 12.2. The number of amides is 1. The van der Waals surface area contributed by atoms with Crippen LogP contribution in [0.4, 0.5) is 0 Å². The van der Waals surface area contributed by atoms with E-state index in [1.54, 1.807) is 0 Å². The number of carbonyl (C=O) groups is 1. The van der Waals surface area contributed by atoms with Gasteiger partial charge in [0, 0.05) is 18.2 Å². The number of hydrogen-bond acceptors (Lipinski definition) is 4. The third-order valence-corrected chi connectivity index (χ3v) is 5.01. The molecule has 0 aliphatic carbocycles. The molecule has 0 unspecified atom stereocenters. The lowest BCUT2D eigenvalue weighted by Crippen LogP contribution is -2.27. The first-order chi connectivity index (χ1) is 11.9. The summed E-state index contributed by atoms with van der Waals surface area (Å²) < 4.78 is 25.1. The molecule has 130 valence electrons. The molecule has 0 heterocycles. The van der Waals surface area contributed by atoms with E-state index in [9.17, 15) is 13.2 Å². The van der Waals surface area contributed by atoms with Gasteiger partial charge >= 0.3 is 0 Å². The van der Waals surface area contributed by atoms with Crippen LogP contribution < -0.4 is 5.32 Å². The summed E-state index contributed by atoms with van der Waals surface area (Å²) in [6.45, 7) is 0.155. The molecule has 25 heavy (non-hydrogen) atoms. The lowest BCUT2D eigenvalue weighted by Gasteiger charge is -2.14. The van der Waals surface area contributed by atoms with Crippen molar-refractivity contribution in [1.82, 2.24) is 9.79 Å². The summed E-state index contributed by atoms with van der Waals surface area (Å²) in [7, 11) is -1.27. The number of nitrogens with one attached hydrogen (secondary N) is 1. The summed E-state index contributed by atoms with van der Waals surface area (Å²) >= 11 is 0. The third-order valence-electron chi connectivity index (χ3n) is 3.33. The third kappa shape index (κ3) is 4.90. The number of nitrogens with zero attached hydrogens (tertiary/aromatic N) is 1. The Morgan fingerprint density at radius 1 is 1.16 bits per heavy atom. The minimum absolute atomic E-state index is 0.0279. The van der Waals surface area contributed by atoms with Gasteiger partial charge in [0.2, 0.25) is 0 Å². The van der Waals surface area contributed by atoms with Gasteiger partial charge in [0.05, 0.1) is 18.6 Å². The molecule has 1 N–H and O–H groups in total. The van der Waals surface area contributed by atoms with Crippen molar-refractivity contribution in [1.29, 1.82) is 0 Å². The lowest BCUT2D eigenvalue weighted by atomic mass is 10.2. The Morgan fingerprint density at radius 3 is 2.56 bits per heavy atom. The molecule has 2 aromatic rings. The fraction of sp³-hybridized carbons (Fsp3) is 0.167. The Hall–Kier alpha value is -2.66. The average molecular weight is 358 g/mol. The van der Waals surface area contributed by atoms with Gasteiger partial charge < -0.3 is 5.32 Å². The molecule has 0 atom stereocenters. The highest BCUT2D eigenvalue weighted by Gasteiger charge is 2.21. The molecule has 2 aromatic carbocycles. The van der Waals surface area contributed by atoms with Crippen LogP contribution in [0.25, 0.3) is 0 Å². The molecule has 7 heteroatoms. The maximum atomic E-state index is 12.2. The van der Waals surface area contributed by atoms with Gasteiger partial charge in [-0.05, 0) is 30.3 Å². The van der Waals surface area contributed by atoms with Gasteiger partial charge in [-0.15, -0.1) is 0 Å². The standard InChI is InChI=1S/C18H18N2O4S/c1-20(24-2)25(22,23)17-12-6-11-16(14-17)18(21)19-13-7-10-15-8-4-3-5-9-15/h3-6,8-9,11-12,14H,13H2,1-2H3,(H,19,21). The zero-order valence-corrected chi connectivity index (χ0v) is 14.7. The number of benzene rings is 2. The minimum atomic E-state index is -3.80. The van der Waals surface area contributed by atoms with Crippen molar-refractivity contribution < 1.29 is 18.0 Å². The number of hydrogen-bond donors (Lipinski definition) is 1. The fourth-order valence-electron chi connectivity index (χ4n) is 1.94. The first-order valence-corrected chi connectivity index (χ1v) is 8.84. The number of sulfonamides is 1. The van der Waals surface area contributed by atoms with Gasteiger partial charge in [-0.3, -0.25) is 9.63 Å². The Labute approximate surface area is 147 Å². The van der Waals surface area contributed by atoms with Crippen molar-refractivity contribution in [2.75, 3.05) is 20.7 Å². The number of rotatable bonds is 5. The SMILES string of the molecule is CON(C)S(=O)(=O)c1cccc(C(=O)NCC#Cc2ccccc2)c1. The van der Waals surface area contributed by atoms with E-state index in [-0.39, 0.29) is 17.0 Å². The van der Waals surface area contributed by atoms with Crippen molar-refractivity contribution in [2.24, 2.45) is 0 Å². The maximum Gasteiger partial charge on any atom is 0.264 e. The minimum Gasteiger partial charge on any atom is -0.341 e. The molecule has 0 radical (unpaired) electrons. The smallest absolute Gasteiger partial charge is 0.264 e. The van der Waals surface area contributed by atoms with Crippen LogP contribution in [0.1, 0.15) is 15.9 Å². The summed E-state index contributed by atoms with van der Waals surface area (Å²) in [5.74, 6) is 5.37. The van der Waals surface area contributed by atoms with Crippen molar-refractivity contribution >= 4 is 15.9 Å². The molecule has 0 aliphatic heterocycles. The van der Waals surface area contributed by atoms with E-state index in [2.05, 4.69) is 17.2 Å². The van der Waals surface area contributed by atoms with Crippen LogP contribution in [0, 0.1) is 11.8 Å². The zero-order valence-electron chi connectivity index (χ0n) is 13.9. The monoisotopic (exact) mass is 358 g/mol. The van der Waals surface area contributed by atoms with Gasteiger partial charge in [-0.2, -0.15) is 0 Å². The van der Waals surface area contributed by atoms with Crippen molar-refractivity contribution in [3.05, 3.63) is 65.7 Å². The molecule has 0 spiro atoms. The van der Waals surface area contributed by atoms with Crippen LogP contribution in [-0.2, 0) is 14.9 Å². The quantitative estimate of drug-likeness (QED) is 0.651. The van der Waals surface area contributed by atoms with Crippen LogP contribution in [-0.4, -0.2) is 39.5 Å². The molecule has 6 nitrogen and oxygen atoms in total. The van der Waals surface area contributed by atoms with Crippen LogP contribution in [0.5, 0.6) is 0 Å². The molecule has 0 bridgehead atoms. The average Bonchev–Trinajstić information content (AvgIpc) is 2.65. The zero-order chi connectivity index (χ0) is 18.3. The summed E-state index contributed by atoms with van der Waals surface area (Å²) in [6, 6.07) is 15.1. The topological polar surface area (TPSA) is 75.7 Å². The Bertz CT molecular complexity index is 899. The van der Waals surface area contributed by atoms with Gasteiger partial charge in [0.1, 0.15) is 0 Å². The van der Waals surface area contributed by atoms with Crippen LogP contribution >= 0.6 is 0 Å². The lowest BCUT2D eigenvalue weighted by molar-refractivity contribution is -0.0258. The molecule has 0 aromatic heterocycles. The Morgan fingerprint density at radius 2 is 1.88 bits per heavy atom. The first kappa shape index (κ1) is 18.7. The van der Waals surface area contributed by atoms with Crippen LogP contribution in [0.3, 0.4) is 0 Å². The van der Waals surface area contributed by atoms with E-state index in [0.29, 0.717) is 0 Å². The highest BCUT2D eigenvalue weighted by atomic mass is 32.2. The van der Waals surface area contributed by atoms with E-state index in [0.717, 1.165) is 10.0 Å². The molecule has 2 rings (SSSR count). The Kier molecular flexibility index (Phi) is 6.31. The fourth-order valence-corrected chi connectivity index (χ4v) is 2.96. The van der Waals surface area contributed by atoms with E-state index in [1.807, 2.05) is 30.3 Å². The van der Waals surface area contributed by atoms with E-state index < -0.39 is 15.9 Å². The molecule has 0 fully saturated rings. The van der Waals surface area contributed by atoms with Crippen molar-refractivity contribution in [3.8, 4) is 11.8 Å². The summed E-state index contributed by atoms with van der Waals surface area (Å²) in [6.07, 6.45) is 0. The molecule has 0 saturated carbocycles. The van der Waals surface area contributed by atoms with Gasteiger partial charge in [0.15, 0.2) is 0 Å². The largest absolute Gasteiger partial charge is 0.341 e. The highest BCUT2D eigenvalue weighted by Crippen LogP contribution is 2.15. The molecular weight excluding hydrogens is 340 g/mol. The summed E-state index contributed by atoms with van der Waals surface area (Å²) in [4.78, 5) is 16.8. The van der Waals surface area contributed by atoms with Crippen molar-refractivity contribution in [2.45, 2.75) is 4.90 Å². The van der Waals surface area contributed by atoms with E-state index >= 15 is 0 Å². The Balaban J connectivity index is 2.06.